The van der Waals surface area contributed by atoms with Gasteiger partial charge in [-0.1, -0.05) is 50.1 Å². The van der Waals surface area contributed by atoms with E-state index in [0.717, 1.165) is 6.42 Å². The molecule has 1 aromatic carbocycles. The van der Waals surface area contributed by atoms with Crippen molar-refractivity contribution in [2.24, 2.45) is 0 Å². The molecule has 1 heteroatoms. The Hall–Kier alpha value is -0.820. The Bertz CT molecular complexity index is 218. The molecule has 0 amide bonds. The monoisotopic (exact) mass is 180 g/mol. The van der Waals surface area contributed by atoms with Crippen LogP contribution in [0.2, 0.25) is 0 Å². The molecular formula is C12H20O. The molecule has 0 saturated heterocycles. The predicted molar refractivity (Wildman–Crippen MR) is 57.9 cm³/mol. The highest BCUT2D eigenvalue weighted by Crippen LogP contribution is 2.03. The lowest BCUT2D eigenvalue weighted by Gasteiger charge is -1.97. The first-order valence-electron chi connectivity index (χ1n) is 4.91. The zero-order valence-electron chi connectivity index (χ0n) is 8.88. The van der Waals surface area contributed by atoms with Crippen LogP contribution in [0.25, 0.3) is 0 Å². The maximum Gasteiger partial charge on any atom is 0.0471 e. The van der Waals surface area contributed by atoms with Crippen molar-refractivity contribution < 1.29 is 5.11 Å². The smallest absolute Gasteiger partial charge is 0.0471 e. The van der Waals surface area contributed by atoms with E-state index in [1.165, 1.54) is 17.5 Å². The third-order valence-corrected chi connectivity index (χ3v) is 1.48. The molecule has 0 radical (unpaired) electrons. The summed E-state index contributed by atoms with van der Waals surface area (Å²) in [7, 11) is 0. The number of aliphatic hydroxyl groups excluding tert-OH is 1. The normalized spacial score (nSPS) is 8.92. The van der Waals surface area contributed by atoms with Gasteiger partial charge in [0.1, 0.15) is 0 Å². The summed E-state index contributed by atoms with van der Waals surface area (Å²) in [4.78, 5) is 0. The second-order valence-corrected chi connectivity index (χ2v) is 3.17. The molecule has 0 fully saturated rings. The molecule has 1 aromatic rings. The quantitative estimate of drug-likeness (QED) is 0.742. The zero-order chi connectivity index (χ0) is 10.1. The van der Waals surface area contributed by atoms with Crippen molar-refractivity contribution >= 4 is 0 Å². The van der Waals surface area contributed by atoms with Gasteiger partial charge in [0.2, 0.25) is 0 Å². The first kappa shape index (κ1) is 12.2. The summed E-state index contributed by atoms with van der Waals surface area (Å²) in [5, 5.41) is 8.61. The van der Waals surface area contributed by atoms with Crippen LogP contribution in [0.5, 0.6) is 0 Å². The van der Waals surface area contributed by atoms with Gasteiger partial charge in [0.15, 0.2) is 0 Å². The van der Waals surface area contributed by atoms with Gasteiger partial charge in [-0.2, -0.15) is 0 Å². The second kappa shape index (κ2) is 7.81. The van der Waals surface area contributed by atoms with Gasteiger partial charge in [-0.25, -0.2) is 0 Å². The summed E-state index contributed by atoms with van der Waals surface area (Å²) in [6, 6.07) is 8.20. The van der Waals surface area contributed by atoms with Crippen LogP contribution in [-0.4, -0.2) is 11.7 Å². The number of aryl methyl sites for hydroxylation is 1. The number of hydrogen-bond donors (Lipinski definition) is 1. The molecule has 0 aliphatic heterocycles. The molecule has 0 heterocycles. The Balaban J connectivity index is 0.000000424. The number of hydrogen-bond acceptors (Lipinski definition) is 1. The molecule has 74 valence electrons. The van der Waals surface area contributed by atoms with Crippen LogP contribution in [0.1, 0.15) is 31.4 Å². The fourth-order valence-electron chi connectivity index (χ4n) is 0.997. The fraction of sp³-hybridized carbons (Fsp3) is 0.500. The van der Waals surface area contributed by atoms with Crippen LogP contribution >= 0.6 is 0 Å². The standard InChI is InChI=1S/C9H12O.C3H8/c1-8-3-2-4-9(7-8)5-6-10;1-3-2/h2-4,7,10H,5-6H2,1H3;3H2,1-2H3. The summed E-state index contributed by atoms with van der Waals surface area (Å²) < 4.78 is 0. The fourth-order valence-corrected chi connectivity index (χ4v) is 0.997. The number of aliphatic hydroxyl groups is 1. The average Bonchev–Trinajstić information content (AvgIpc) is 2.06. The van der Waals surface area contributed by atoms with Crippen molar-refractivity contribution in [3.63, 3.8) is 0 Å². The maximum atomic E-state index is 8.61. The molecule has 0 bridgehead atoms. The van der Waals surface area contributed by atoms with Crippen LogP contribution in [-0.2, 0) is 6.42 Å². The lowest BCUT2D eigenvalue weighted by atomic mass is 10.1. The molecular weight excluding hydrogens is 160 g/mol. The van der Waals surface area contributed by atoms with E-state index in [1.807, 2.05) is 12.1 Å². The molecule has 0 aromatic heterocycles. The zero-order valence-corrected chi connectivity index (χ0v) is 8.88. The van der Waals surface area contributed by atoms with E-state index in [2.05, 4.69) is 32.9 Å². The van der Waals surface area contributed by atoms with Crippen LogP contribution < -0.4 is 0 Å². The number of rotatable bonds is 2. The molecule has 1 nitrogen and oxygen atoms in total. The molecule has 0 atom stereocenters. The highest BCUT2D eigenvalue weighted by Gasteiger charge is 1.89. The minimum absolute atomic E-state index is 0.240. The van der Waals surface area contributed by atoms with E-state index >= 15 is 0 Å². The van der Waals surface area contributed by atoms with E-state index in [1.54, 1.807) is 0 Å². The molecule has 1 N–H and O–H groups in total. The Morgan fingerprint density at radius 3 is 2.31 bits per heavy atom. The van der Waals surface area contributed by atoms with Crippen molar-refractivity contribution in [2.75, 3.05) is 6.61 Å². The van der Waals surface area contributed by atoms with Crippen LogP contribution in [0.15, 0.2) is 24.3 Å². The Morgan fingerprint density at radius 1 is 1.23 bits per heavy atom. The van der Waals surface area contributed by atoms with E-state index < -0.39 is 0 Å². The Labute approximate surface area is 81.4 Å². The van der Waals surface area contributed by atoms with E-state index in [0.29, 0.717) is 0 Å². The molecule has 0 spiro atoms. The second-order valence-electron chi connectivity index (χ2n) is 3.17. The van der Waals surface area contributed by atoms with E-state index in [-0.39, 0.29) is 6.61 Å². The van der Waals surface area contributed by atoms with Gasteiger partial charge in [0.05, 0.1) is 0 Å². The molecule has 0 aliphatic rings. The molecule has 0 saturated carbocycles. The van der Waals surface area contributed by atoms with E-state index in [9.17, 15) is 0 Å². The Morgan fingerprint density at radius 2 is 1.85 bits per heavy atom. The van der Waals surface area contributed by atoms with Gasteiger partial charge in [-0.3, -0.25) is 0 Å². The summed E-state index contributed by atoms with van der Waals surface area (Å²) in [5.74, 6) is 0. The minimum Gasteiger partial charge on any atom is -0.396 e. The molecule has 0 aliphatic carbocycles. The lowest BCUT2D eigenvalue weighted by molar-refractivity contribution is 0.299. The first-order chi connectivity index (χ1) is 6.24. The maximum absolute atomic E-state index is 8.61. The summed E-state index contributed by atoms with van der Waals surface area (Å²) in [6.07, 6.45) is 2.02. The van der Waals surface area contributed by atoms with Crippen molar-refractivity contribution in [1.82, 2.24) is 0 Å². The highest BCUT2D eigenvalue weighted by atomic mass is 16.2. The highest BCUT2D eigenvalue weighted by molar-refractivity contribution is 5.22. The van der Waals surface area contributed by atoms with Gasteiger partial charge >= 0.3 is 0 Å². The first-order valence-corrected chi connectivity index (χ1v) is 4.91. The topological polar surface area (TPSA) is 20.2 Å². The van der Waals surface area contributed by atoms with Gasteiger partial charge in [-0.15, -0.1) is 0 Å². The van der Waals surface area contributed by atoms with Crippen molar-refractivity contribution in [3.05, 3.63) is 35.4 Å². The number of benzene rings is 1. The van der Waals surface area contributed by atoms with Crippen LogP contribution in [0, 0.1) is 6.92 Å². The molecule has 0 unspecified atom stereocenters. The van der Waals surface area contributed by atoms with Gasteiger partial charge in [0.25, 0.3) is 0 Å². The van der Waals surface area contributed by atoms with Crippen molar-refractivity contribution in [1.29, 1.82) is 0 Å². The summed E-state index contributed by atoms with van der Waals surface area (Å²) in [6.45, 7) is 6.55. The SMILES string of the molecule is CCC.Cc1cccc(CCO)c1. The van der Waals surface area contributed by atoms with Crippen molar-refractivity contribution in [2.45, 2.75) is 33.6 Å². The molecule has 13 heavy (non-hydrogen) atoms. The summed E-state index contributed by atoms with van der Waals surface area (Å²) >= 11 is 0. The van der Waals surface area contributed by atoms with Gasteiger partial charge in [0, 0.05) is 6.61 Å². The largest absolute Gasteiger partial charge is 0.396 e. The van der Waals surface area contributed by atoms with Crippen molar-refractivity contribution in [3.8, 4) is 0 Å². The third-order valence-electron chi connectivity index (χ3n) is 1.48. The predicted octanol–water partition coefficient (Wildman–Crippen LogP) is 2.95. The van der Waals surface area contributed by atoms with Crippen LogP contribution in [0.3, 0.4) is 0 Å². The van der Waals surface area contributed by atoms with Gasteiger partial charge < -0.3 is 5.11 Å². The average molecular weight is 180 g/mol. The minimum atomic E-state index is 0.240. The summed E-state index contributed by atoms with van der Waals surface area (Å²) in [5.41, 5.74) is 2.47. The lowest BCUT2D eigenvalue weighted by Crippen LogP contribution is -1.89. The third kappa shape index (κ3) is 6.35. The van der Waals surface area contributed by atoms with Gasteiger partial charge in [-0.05, 0) is 18.9 Å². The Kier molecular flexibility index (Phi) is 7.32. The van der Waals surface area contributed by atoms with Crippen LogP contribution in [0.4, 0.5) is 0 Å². The molecule has 1 rings (SSSR count). The van der Waals surface area contributed by atoms with E-state index in [4.69, 9.17) is 5.11 Å².